The second-order valence-corrected chi connectivity index (χ2v) is 10.5. The van der Waals surface area contributed by atoms with Crippen LogP contribution in [0.2, 0.25) is 0 Å². The van der Waals surface area contributed by atoms with Gasteiger partial charge in [-0.15, -0.1) is 0 Å². The molecular weight excluding hydrogens is 332 g/mol. The van der Waals surface area contributed by atoms with Crippen LogP contribution in [-0.2, 0) is 4.79 Å². The molecule has 0 bridgehead atoms. The Bertz CT molecular complexity index is 786. The minimum atomic E-state index is -0.132. The highest BCUT2D eigenvalue weighted by Gasteiger charge is 2.60. The van der Waals surface area contributed by atoms with Gasteiger partial charge in [0.1, 0.15) is 11.5 Å². The molecule has 0 N–H and O–H groups in total. The fraction of sp³-hybridized carbons (Fsp3) is 0.720. The number of rotatable bonds is 1. The van der Waals surface area contributed by atoms with Crippen molar-refractivity contribution in [2.24, 2.45) is 34.5 Å². The largest absolute Gasteiger partial charge is 0.462 e. The van der Waals surface area contributed by atoms with E-state index in [4.69, 9.17) is 4.42 Å². The molecule has 6 atom stereocenters. The summed E-state index contributed by atoms with van der Waals surface area (Å²) in [5.74, 6) is 5.25. The summed E-state index contributed by atoms with van der Waals surface area (Å²) in [6.07, 6.45) is 13.8. The van der Waals surface area contributed by atoms with Crippen LogP contribution in [0.3, 0.4) is 0 Å². The third kappa shape index (κ3) is 2.54. The first kappa shape index (κ1) is 17.8. The average Bonchev–Trinajstić information content (AvgIpc) is 3.16. The Morgan fingerprint density at radius 1 is 1.04 bits per heavy atom. The van der Waals surface area contributed by atoms with Crippen LogP contribution >= 0.6 is 0 Å². The highest BCUT2D eigenvalue weighted by Crippen LogP contribution is 2.66. The number of allylic oxidation sites excluding steroid dienone is 1. The van der Waals surface area contributed by atoms with Gasteiger partial charge in [0.15, 0.2) is 5.78 Å². The third-order valence-corrected chi connectivity index (χ3v) is 9.30. The van der Waals surface area contributed by atoms with E-state index in [1.54, 1.807) is 0 Å². The minimum absolute atomic E-state index is 0.132. The van der Waals surface area contributed by atoms with E-state index in [9.17, 15) is 4.79 Å². The number of fused-ring (bicyclic) bond motifs is 5. The number of Topliss-reactive ketones (excluding diaryl/α,β-unsaturated/α-hetero) is 1. The summed E-state index contributed by atoms with van der Waals surface area (Å²) in [6.45, 7) is 6.85. The summed E-state index contributed by atoms with van der Waals surface area (Å²) in [7, 11) is 0. The molecule has 1 aromatic rings. The first-order chi connectivity index (χ1) is 12.9. The van der Waals surface area contributed by atoms with Crippen molar-refractivity contribution in [3.63, 3.8) is 0 Å². The fourth-order valence-corrected chi connectivity index (χ4v) is 7.80. The van der Waals surface area contributed by atoms with Crippen molar-refractivity contribution in [1.29, 1.82) is 0 Å². The summed E-state index contributed by atoms with van der Waals surface area (Å²) in [6, 6.07) is 3.98. The van der Waals surface area contributed by atoms with Crippen LogP contribution in [0.15, 0.2) is 22.1 Å². The van der Waals surface area contributed by atoms with E-state index in [1.807, 2.05) is 25.1 Å². The third-order valence-electron chi connectivity index (χ3n) is 9.30. The summed E-state index contributed by atoms with van der Waals surface area (Å²) in [4.78, 5) is 13.4. The van der Waals surface area contributed by atoms with Crippen LogP contribution in [-0.4, -0.2) is 5.78 Å². The molecule has 2 nitrogen and oxygen atoms in total. The van der Waals surface area contributed by atoms with E-state index in [-0.39, 0.29) is 5.41 Å². The van der Waals surface area contributed by atoms with Crippen molar-refractivity contribution < 1.29 is 9.21 Å². The molecule has 0 amide bonds. The van der Waals surface area contributed by atoms with Gasteiger partial charge in [-0.05, 0) is 105 Å². The van der Waals surface area contributed by atoms with Gasteiger partial charge in [0.2, 0.25) is 0 Å². The lowest BCUT2D eigenvalue weighted by Gasteiger charge is -2.59. The smallest absolute Gasteiger partial charge is 0.165 e. The summed E-state index contributed by atoms with van der Waals surface area (Å²) in [5, 5.41) is 0. The Hall–Kier alpha value is -1.31. The maximum Gasteiger partial charge on any atom is 0.165 e. The number of carbonyl (C=O) groups is 1. The van der Waals surface area contributed by atoms with Crippen molar-refractivity contribution in [3.8, 4) is 0 Å². The number of ketones is 1. The van der Waals surface area contributed by atoms with Crippen LogP contribution in [0.1, 0.15) is 83.2 Å². The van der Waals surface area contributed by atoms with Crippen molar-refractivity contribution in [3.05, 3.63) is 29.2 Å². The molecule has 4 saturated carbocycles. The van der Waals surface area contributed by atoms with Crippen LogP contribution in [0.4, 0.5) is 0 Å². The molecule has 0 aliphatic heterocycles. The molecule has 146 valence electrons. The van der Waals surface area contributed by atoms with Crippen LogP contribution in [0.5, 0.6) is 0 Å². The summed E-state index contributed by atoms with van der Waals surface area (Å²) in [5.41, 5.74) is 1.43. The molecule has 0 spiro atoms. The zero-order chi connectivity index (χ0) is 18.8. The van der Waals surface area contributed by atoms with Gasteiger partial charge in [-0.2, -0.15) is 0 Å². The van der Waals surface area contributed by atoms with Gasteiger partial charge in [0.25, 0.3) is 0 Å². The molecule has 0 aromatic carbocycles. The van der Waals surface area contributed by atoms with Gasteiger partial charge in [0, 0.05) is 5.41 Å². The Balaban J connectivity index is 1.46. The monoisotopic (exact) mass is 366 g/mol. The fourth-order valence-electron chi connectivity index (χ4n) is 7.80. The van der Waals surface area contributed by atoms with Gasteiger partial charge in [0.05, 0.1) is 0 Å². The van der Waals surface area contributed by atoms with Gasteiger partial charge in [-0.25, -0.2) is 0 Å². The first-order valence-electron chi connectivity index (χ1n) is 11.2. The van der Waals surface area contributed by atoms with Gasteiger partial charge < -0.3 is 4.42 Å². The predicted molar refractivity (Wildman–Crippen MR) is 108 cm³/mol. The normalized spacial score (nSPS) is 45.4. The topological polar surface area (TPSA) is 30.2 Å². The molecule has 27 heavy (non-hydrogen) atoms. The zero-order valence-corrected chi connectivity index (χ0v) is 17.2. The van der Waals surface area contributed by atoms with Gasteiger partial charge in [-0.1, -0.05) is 26.7 Å². The number of furan rings is 1. The predicted octanol–water partition coefficient (Wildman–Crippen LogP) is 6.58. The van der Waals surface area contributed by atoms with Crippen molar-refractivity contribution >= 4 is 11.9 Å². The molecule has 1 heterocycles. The lowest BCUT2D eigenvalue weighted by molar-refractivity contribution is -0.137. The Morgan fingerprint density at radius 3 is 2.67 bits per heavy atom. The highest BCUT2D eigenvalue weighted by atomic mass is 16.3. The van der Waals surface area contributed by atoms with E-state index in [2.05, 4.69) is 13.8 Å². The minimum Gasteiger partial charge on any atom is -0.462 e. The molecule has 4 aliphatic carbocycles. The molecule has 4 aliphatic rings. The maximum atomic E-state index is 13.4. The van der Waals surface area contributed by atoms with Crippen LogP contribution in [0.25, 0.3) is 6.08 Å². The lowest BCUT2D eigenvalue weighted by atomic mass is 9.45. The van der Waals surface area contributed by atoms with E-state index in [0.29, 0.717) is 17.1 Å². The Morgan fingerprint density at radius 2 is 1.89 bits per heavy atom. The van der Waals surface area contributed by atoms with E-state index >= 15 is 0 Å². The maximum absolute atomic E-state index is 13.4. The molecule has 2 heteroatoms. The molecule has 4 fully saturated rings. The molecule has 0 unspecified atom stereocenters. The number of carbonyl (C=O) groups excluding carboxylic acids is 1. The lowest BCUT2D eigenvalue weighted by Crippen LogP contribution is -2.52. The first-order valence-corrected chi connectivity index (χ1v) is 11.2. The average molecular weight is 367 g/mol. The van der Waals surface area contributed by atoms with Crippen molar-refractivity contribution in [2.45, 2.75) is 78.6 Å². The Labute approximate surface area is 163 Å². The standard InChI is InChI=1S/C25H34O2/c1-16-7-9-19(27-16)14-17-15-22-20-10-8-18-6-4-5-12-24(18,2)21(20)11-13-25(22,3)23(17)26/h7,9,14,18,20-22H,4-6,8,10-13,15H2,1-3H3/b17-14-/t18-,20+,21-,22-,24+,25+/m1/s1. The van der Waals surface area contributed by atoms with Crippen molar-refractivity contribution in [1.82, 2.24) is 0 Å². The Kier molecular flexibility index (Phi) is 4.01. The highest BCUT2D eigenvalue weighted by molar-refractivity contribution is 6.05. The molecule has 0 radical (unpaired) electrons. The summed E-state index contributed by atoms with van der Waals surface area (Å²) < 4.78 is 5.74. The summed E-state index contributed by atoms with van der Waals surface area (Å²) >= 11 is 0. The van der Waals surface area contributed by atoms with E-state index < -0.39 is 0 Å². The molecule has 5 rings (SSSR count). The molecular formula is C25H34O2. The van der Waals surface area contributed by atoms with Crippen LogP contribution in [0, 0.1) is 41.4 Å². The van der Waals surface area contributed by atoms with E-state index in [0.717, 1.165) is 47.7 Å². The van der Waals surface area contributed by atoms with Crippen molar-refractivity contribution in [2.75, 3.05) is 0 Å². The molecule has 0 saturated heterocycles. The molecule has 1 aromatic heterocycles. The second kappa shape index (κ2) is 6.09. The van der Waals surface area contributed by atoms with E-state index in [1.165, 1.54) is 44.9 Å². The zero-order valence-electron chi connectivity index (χ0n) is 17.2. The van der Waals surface area contributed by atoms with Gasteiger partial charge >= 0.3 is 0 Å². The van der Waals surface area contributed by atoms with Crippen LogP contribution < -0.4 is 0 Å². The quantitative estimate of drug-likeness (QED) is 0.525. The van der Waals surface area contributed by atoms with Gasteiger partial charge in [-0.3, -0.25) is 4.79 Å². The second-order valence-electron chi connectivity index (χ2n) is 10.5. The number of aryl methyl sites for hydroxylation is 1. The number of hydrogen-bond acceptors (Lipinski definition) is 2. The number of hydrogen-bond donors (Lipinski definition) is 0. The SMILES string of the molecule is Cc1ccc(/C=C2/C[C@@H]3[C@H]4CC[C@H]5CCCC[C@]5(C)[C@@H]4CC[C@]3(C)C2=O)o1.